The monoisotopic (exact) mass is 587 g/mol. The summed E-state index contributed by atoms with van der Waals surface area (Å²) in [6.07, 6.45) is 2.22. The zero-order chi connectivity index (χ0) is 30.5. The van der Waals surface area contributed by atoms with Crippen LogP contribution in [0.3, 0.4) is 0 Å². The highest BCUT2D eigenvalue weighted by Gasteiger charge is 2.27. The molecule has 5 rings (SSSR count). The van der Waals surface area contributed by atoms with E-state index < -0.39 is 6.04 Å². The van der Waals surface area contributed by atoms with Crippen molar-refractivity contribution in [1.82, 2.24) is 35.3 Å². The van der Waals surface area contributed by atoms with Gasteiger partial charge >= 0.3 is 0 Å². The summed E-state index contributed by atoms with van der Waals surface area (Å²) < 4.78 is 13.2. The molecule has 12 nitrogen and oxygen atoms in total. The summed E-state index contributed by atoms with van der Waals surface area (Å²) in [5.41, 5.74) is 1.60. The lowest BCUT2D eigenvalue weighted by molar-refractivity contribution is -0.123. The van der Waals surface area contributed by atoms with E-state index in [1.165, 1.54) is 4.90 Å². The minimum absolute atomic E-state index is 0.0124. The number of carbonyl (C=O) groups is 3. The Morgan fingerprint density at radius 1 is 1.14 bits per heavy atom. The van der Waals surface area contributed by atoms with Crippen molar-refractivity contribution < 1.29 is 23.9 Å². The molecule has 0 spiro atoms. The van der Waals surface area contributed by atoms with Crippen molar-refractivity contribution in [2.45, 2.75) is 39.8 Å². The molecular formula is C31H37N7O5. The molecule has 2 aromatic heterocycles. The molecule has 0 fully saturated rings. The number of aromatic amines is 1. The Labute approximate surface area is 249 Å². The first-order valence-electron chi connectivity index (χ1n) is 14.4. The highest BCUT2D eigenvalue weighted by molar-refractivity contribution is 6.06. The maximum atomic E-state index is 13.8. The third-order valence-corrected chi connectivity index (χ3v) is 7.38. The number of aryl methyl sites for hydroxylation is 1. The van der Waals surface area contributed by atoms with Crippen molar-refractivity contribution in [2.75, 3.05) is 33.4 Å². The molecule has 4 aromatic rings. The predicted molar refractivity (Wildman–Crippen MR) is 160 cm³/mol. The zero-order valence-electron chi connectivity index (χ0n) is 24.8. The number of nitrogens with zero attached hydrogens (tertiary/aromatic N) is 4. The number of benzene rings is 2. The predicted octanol–water partition coefficient (Wildman–Crippen LogP) is 3.24. The minimum atomic E-state index is -0.450. The lowest BCUT2D eigenvalue weighted by Crippen LogP contribution is -2.44. The van der Waals surface area contributed by atoms with E-state index in [0.29, 0.717) is 59.3 Å². The smallest absolute Gasteiger partial charge is 0.256 e. The van der Waals surface area contributed by atoms with Crippen molar-refractivity contribution in [1.29, 1.82) is 0 Å². The molecular weight excluding hydrogens is 550 g/mol. The minimum Gasteiger partial charge on any atom is -0.493 e. The number of ether oxygens (including phenoxy) is 2. The Kier molecular flexibility index (Phi) is 8.93. The molecule has 3 N–H and O–H groups in total. The molecule has 0 saturated carbocycles. The van der Waals surface area contributed by atoms with E-state index in [0.717, 1.165) is 5.39 Å². The molecule has 2 bridgehead atoms. The van der Waals surface area contributed by atoms with Crippen molar-refractivity contribution in [3.63, 3.8) is 0 Å². The normalized spacial score (nSPS) is 17.0. The van der Waals surface area contributed by atoms with Gasteiger partial charge in [-0.25, -0.2) is 9.67 Å². The van der Waals surface area contributed by atoms with Crippen LogP contribution >= 0.6 is 0 Å². The molecule has 1 atom stereocenters. The molecule has 0 unspecified atom stereocenters. The SMILES string of the molecule is COc1ccc2cc1OCCn1nc(C)nc1[C@H](C(C)C)NC(=O)CN(C(=O)c1cccc3cc[nH]c13)CCCNC2=O. The van der Waals surface area contributed by atoms with E-state index in [4.69, 9.17) is 9.47 Å². The van der Waals surface area contributed by atoms with Gasteiger partial charge in [-0.1, -0.05) is 26.0 Å². The summed E-state index contributed by atoms with van der Waals surface area (Å²) >= 11 is 0. The second-order valence-electron chi connectivity index (χ2n) is 10.8. The first-order chi connectivity index (χ1) is 20.7. The van der Waals surface area contributed by atoms with Crippen LogP contribution in [-0.2, 0) is 11.3 Å². The van der Waals surface area contributed by atoms with Crippen LogP contribution in [0.4, 0.5) is 0 Å². The van der Waals surface area contributed by atoms with Crippen LogP contribution in [0.25, 0.3) is 10.9 Å². The van der Waals surface area contributed by atoms with Gasteiger partial charge in [0.15, 0.2) is 11.5 Å². The standard InChI is InChI=1S/C31H37N7O5/c1-19(2)27-29-34-20(3)36-38(29)15-16-43-25-17-22(9-10-24(25)42-4)30(40)33-12-6-14-37(18-26(39)35-27)31(41)23-8-5-7-21-11-13-32-28(21)23/h5,7-11,13,17,19,27,32H,6,12,14-16,18H2,1-4H3,(H,33,40)(H,35,39)/t27-/m0/s1. The number of para-hydroxylation sites is 1. The van der Waals surface area contributed by atoms with Gasteiger partial charge < -0.3 is 30.0 Å². The zero-order valence-corrected chi connectivity index (χ0v) is 24.8. The molecule has 1 aliphatic heterocycles. The number of fused-ring (bicyclic) bond motifs is 4. The number of carbonyl (C=O) groups excluding carboxylic acids is 3. The van der Waals surface area contributed by atoms with Gasteiger partial charge in [-0.05, 0) is 49.6 Å². The van der Waals surface area contributed by atoms with Crippen molar-refractivity contribution in [2.24, 2.45) is 5.92 Å². The number of hydrogen-bond acceptors (Lipinski definition) is 7. The Morgan fingerprint density at radius 3 is 2.77 bits per heavy atom. The lowest BCUT2D eigenvalue weighted by atomic mass is 10.0. The highest BCUT2D eigenvalue weighted by Crippen LogP contribution is 2.28. The number of aromatic nitrogens is 4. The van der Waals surface area contributed by atoms with E-state index in [-0.39, 0.29) is 43.3 Å². The van der Waals surface area contributed by atoms with Gasteiger partial charge in [0.2, 0.25) is 5.91 Å². The molecule has 43 heavy (non-hydrogen) atoms. The Balaban J connectivity index is 1.47. The van der Waals surface area contributed by atoms with Gasteiger partial charge in [-0.3, -0.25) is 14.4 Å². The molecule has 0 aliphatic carbocycles. The van der Waals surface area contributed by atoms with Crippen LogP contribution in [0, 0.1) is 12.8 Å². The number of rotatable bonds is 3. The van der Waals surface area contributed by atoms with E-state index in [9.17, 15) is 14.4 Å². The summed E-state index contributed by atoms with van der Waals surface area (Å²) in [5, 5.41) is 11.4. The number of hydrogen-bond donors (Lipinski definition) is 3. The molecule has 1 aliphatic rings. The number of H-pyrrole nitrogens is 1. The van der Waals surface area contributed by atoms with Gasteiger partial charge in [-0.15, -0.1) is 0 Å². The van der Waals surface area contributed by atoms with Gasteiger partial charge in [0.1, 0.15) is 18.3 Å². The number of amides is 3. The molecule has 0 radical (unpaired) electrons. The fourth-order valence-corrected chi connectivity index (χ4v) is 5.22. The van der Waals surface area contributed by atoms with Crippen LogP contribution in [0.1, 0.15) is 58.7 Å². The van der Waals surface area contributed by atoms with Crippen LogP contribution in [0.15, 0.2) is 48.7 Å². The molecule has 12 heteroatoms. The Hall–Kier alpha value is -4.87. The van der Waals surface area contributed by atoms with Crippen LogP contribution in [0.2, 0.25) is 0 Å². The third-order valence-electron chi connectivity index (χ3n) is 7.38. The van der Waals surface area contributed by atoms with E-state index >= 15 is 0 Å². The average Bonchev–Trinajstić information content (AvgIpc) is 3.62. The van der Waals surface area contributed by atoms with E-state index in [2.05, 4.69) is 25.7 Å². The average molecular weight is 588 g/mol. The molecule has 3 amide bonds. The lowest BCUT2D eigenvalue weighted by Gasteiger charge is -2.26. The van der Waals surface area contributed by atoms with E-state index in [1.54, 1.807) is 49.2 Å². The Bertz CT molecular complexity index is 1630. The quantitative estimate of drug-likeness (QED) is 0.334. The van der Waals surface area contributed by atoms with Gasteiger partial charge in [0.25, 0.3) is 11.8 Å². The second-order valence-corrected chi connectivity index (χ2v) is 10.8. The molecule has 2 aromatic carbocycles. The van der Waals surface area contributed by atoms with Crippen LogP contribution < -0.4 is 20.1 Å². The maximum absolute atomic E-state index is 13.8. The van der Waals surface area contributed by atoms with Crippen molar-refractivity contribution >= 4 is 28.6 Å². The molecule has 0 saturated heterocycles. The first kappa shape index (κ1) is 29.6. The second kappa shape index (κ2) is 13.0. The Morgan fingerprint density at radius 2 is 1.98 bits per heavy atom. The first-order valence-corrected chi connectivity index (χ1v) is 14.4. The highest BCUT2D eigenvalue weighted by atomic mass is 16.5. The summed E-state index contributed by atoms with van der Waals surface area (Å²) in [6.45, 7) is 6.75. The van der Waals surface area contributed by atoms with Gasteiger partial charge in [-0.2, -0.15) is 5.10 Å². The maximum Gasteiger partial charge on any atom is 0.256 e. The third kappa shape index (κ3) is 6.63. The topological polar surface area (TPSA) is 143 Å². The van der Waals surface area contributed by atoms with Gasteiger partial charge in [0.05, 0.1) is 37.3 Å². The summed E-state index contributed by atoms with van der Waals surface area (Å²) in [4.78, 5) is 49.6. The number of nitrogens with one attached hydrogen (secondary N) is 3. The summed E-state index contributed by atoms with van der Waals surface area (Å²) in [6, 6.07) is 11.9. The van der Waals surface area contributed by atoms with Crippen LogP contribution in [0.5, 0.6) is 11.5 Å². The van der Waals surface area contributed by atoms with Crippen LogP contribution in [-0.4, -0.2) is 75.7 Å². The summed E-state index contributed by atoms with van der Waals surface area (Å²) in [7, 11) is 1.54. The summed E-state index contributed by atoms with van der Waals surface area (Å²) in [5.74, 6) is 1.20. The largest absolute Gasteiger partial charge is 0.493 e. The van der Waals surface area contributed by atoms with Gasteiger partial charge in [0, 0.05) is 30.2 Å². The van der Waals surface area contributed by atoms with E-state index in [1.807, 2.05) is 32.0 Å². The van der Waals surface area contributed by atoms with Crippen molar-refractivity contribution in [3.8, 4) is 11.5 Å². The molecule has 226 valence electrons. The number of methoxy groups -OCH3 is 1. The fourth-order valence-electron chi connectivity index (χ4n) is 5.22. The molecule has 3 heterocycles. The fraction of sp³-hybridized carbons (Fsp3) is 0.387. The van der Waals surface area contributed by atoms with Crippen molar-refractivity contribution in [3.05, 3.63) is 71.4 Å².